The van der Waals surface area contributed by atoms with Gasteiger partial charge in [-0.3, -0.25) is 9.78 Å². The van der Waals surface area contributed by atoms with Crippen molar-refractivity contribution in [2.45, 2.75) is 32.6 Å². The molecule has 1 atom stereocenters. The first-order valence-corrected chi connectivity index (χ1v) is 8.84. The van der Waals surface area contributed by atoms with Gasteiger partial charge in [0.1, 0.15) is 0 Å². The van der Waals surface area contributed by atoms with Gasteiger partial charge < -0.3 is 0 Å². The van der Waals surface area contributed by atoms with Crippen molar-refractivity contribution < 1.29 is 4.79 Å². The number of ketones is 1. The fourth-order valence-corrected chi connectivity index (χ4v) is 3.84. The van der Waals surface area contributed by atoms with Crippen LogP contribution in [0.4, 0.5) is 0 Å². The van der Waals surface area contributed by atoms with E-state index in [0.29, 0.717) is 10.6 Å². The fourth-order valence-electron chi connectivity index (χ4n) is 2.80. The predicted octanol–water partition coefficient (Wildman–Crippen LogP) is 5.05. The minimum Gasteiger partial charge on any atom is -0.291 e. The molecule has 24 heavy (non-hydrogen) atoms. The molecule has 0 bridgehead atoms. The molecule has 0 saturated carbocycles. The second-order valence-electron chi connectivity index (χ2n) is 5.80. The Morgan fingerprint density at radius 1 is 1.29 bits per heavy atom. The van der Waals surface area contributed by atoms with Crippen LogP contribution in [0.15, 0.2) is 42.5 Å². The first-order chi connectivity index (χ1) is 11.6. The van der Waals surface area contributed by atoms with E-state index in [-0.39, 0.29) is 5.78 Å². The Kier molecular flexibility index (Phi) is 4.73. The number of fused-ring (bicyclic) bond motifs is 1. The minimum absolute atomic E-state index is 0.157. The summed E-state index contributed by atoms with van der Waals surface area (Å²) < 4.78 is 0. The molecule has 0 aliphatic carbocycles. The van der Waals surface area contributed by atoms with E-state index in [4.69, 9.17) is 0 Å². The summed E-state index contributed by atoms with van der Waals surface area (Å²) in [5.74, 6) is -1.02. The van der Waals surface area contributed by atoms with E-state index in [9.17, 15) is 10.1 Å². The Labute approximate surface area is 145 Å². The number of rotatable bonds is 5. The minimum atomic E-state index is -0.859. The van der Waals surface area contributed by atoms with E-state index in [1.807, 2.05) is 43.3 Å². The summed E-state index contributed by atoms with van der Waals surface area (Å²) in [4.78, 5) is 19.2. The summed E-state index contributed by atoms with van der Waals surface area (Å²) in [5.41, 5.74) is 2.52. The van der Waals surface area contributed by atoms with Crippen molar-refractivity contribution in [1.82, 2.24) is 4.98 Å². The number of benzene rings is 1. The van der Waals surface area contributed by atoms with Gasteiger partial charge in [-0.05, 0) is 37.1 Å². The van der Waals surface area contributed by atoms with E-state index in [1.54, 1.807) is 6.07 Å². The molecule has 0 amide bonds. The molecule has 0 radical (unpaired) electrons. The van der Waals surface area contributed by atoms with Crippen LogP contribution in [0.25, 0.3) is 10.9 Å². The molecule has 0 fully saturated rings. The zero-order valence-electron chi connectivity index (χ0n) is 13.7. The van der Waals surface area contributed by atoms with Crippen LogP contribution >= 0.6 is 11.3 Å². The average Bonchev–Trinajstić information content (AvgIpc) is 2.96. The van der Waals surface area contributed by atoms with Gasteiger partial charge in [-0.2, -0.15) is 5.26 Å². The van der Waals surface area contributed by atoms with Gasteiger partial charge in [0.05, 0.1) is 22.2 Å². The number of Topliss-reactive ketones (excluding diaryl/α,β-unsaturated/α-hetero) is 1. The maximum Gasteiger partial charge on any atom is 0.195 e. The lowest BCUT2D eigenvalue weighted by molar-refractivity contribution is 0.0981. The first kappa shape index (κ1) is 16.4. The Hall–Kier alpha value is -2.51. The molecule has 1 aromatic carbocycles. The topological polar surface area (TPSA) is 53.8 Å². The number of thiophene rings is 1. The van der Waals surface area contributed by atoms with Gasteiger partial charge in [0.25, 0.3) is 0 Å². The van der Waals surface area contributed by atoms with Gasteiger partial charge >= 0.3 is 0 Å². The number of nitrogens with zero attached hydrogens (tertiary/aromatic N) is 2. The van der Waals surface area contributed by atoms with Gasteiger partial charge in [0.2, 0.25) is 0 Å². The number of pyridine rings is 1. The Morgan fingerprint density at radius 2 is 2.08 bits per heavy atom. The van der Waals surface area contributed by atoms with Crippen LogP contribution < -0.4 is 0 Å². The molecule has 2 heterocycles. The molecule has 120 valence electrons. The van der Waals surface area contributed by atoms with Gasteiger partial charge in [-0.1, -0.05) is 37.6 Å². The molecule has 0 spiro atoms. The Bertz CT molecular complexity index is 936. The Balaban J connectivity index is 1.96. The maximum atomic E-state index is 12.8. The molecule has 0 N–H and O–H groups in total. The third kappa shape index (κ3) is 3.08. The zero-order valence-corrected chi connectivity index (χ0v) is 14.6. The lowest BCUT2D eigenvalue weighted by Gasteiger charge is -2.07. The van der Waals surface area contributed by atoms with E-state index < -0.39 is 5.92 Å². The second kappa shape index (κ2) is 6.94. The molecule has 0 aliphatic heterocycles. The molecule has 3 aromatic rings. The van der Waals surface area contributed by atoms with Crippen molar-refractivity contribution in [3.63, 3.8) is 0 Å². The summed E-state index contributed by atoms with van der Waals surface area (Å²) in [6.07, 6.45) is 2.00. The fraction of sp³-hybridized carbons (Fsp3) is 0.250. The number of aromatic nitrogens is 1. The maximum absolute atomic E-state index is 12.8. The number of carbonyl (C=O) groups excluding carboxylic acids is 1. The van der Waals surface area contributed by atoms with E-state index in [1.165, 1.54) is 16.9 Å². The lowest BCUT2D eigenvalue weighted by atomic mass is 9.98. The second-order valence-corrected chi connectivity index (χ2v) is 7.05. The smallest absolute Gasteiger partial charge is 0.195 e. The van der Waals surface area contributed by atoms with Gasteiger partial charge in [0, 0.05) is 10.3 Å². The van der Waals surface area contributed by atoms with E-state index in [2.05, 4.69) is 18.0 Å². The highest BCUT2D eigenvalue weighted by atomic mass is 32.1. The first-order valence-electron chi connectivity index (χ1n) is 8.03. The molecule has 3 nitrogen and oxygen atoms in total. The third-order valence-corrected chi connectivity index (χ3v) is 5.20. The molecule has 0 unspecified atom stereocenters. The van der Waals surface area contributed by atoms with Crippen molar-refractivity contribution in [2.24, 2.45) is 0 Å². The lowest BCUT2D eigenvalue weighted by Crippen LogP contribution is -2.11. The third-order valence-electron chi connectivity index (χ3n) is 4.09. The molecular formula is C20H18N2OS. The highest BCUT2D eigenvalue weighted by Gasteiger charge is 2.25. The van der Waals surface area contributed by atoms with Gasteiger partial charge in [-0.15, -0.1) is 11.3 Å². The van der Waals surface area contributed by atoms with Gasteiger partial charge in [0.15, 0.2) is 11.7 Å². The van der Waals surface area contributed by atoms with Crippen molar-refractivity contribution in [3.8, 4) is 6.07 Å². The zero-order chi connectivity index (χ0) is 17.1. The highest BCUT2D eigenvalue weighted by molar-refractivity contribution is 7.14. The standard InChI is InChI=1S/C20H18N2OS/c1-3-6-15-11-19(24-13(15)2)20(23)16(12-21)18-10-9-14-7-4-5-8-17(14)22-18/h4-5,7-11,16H,3,6H2,1-2H3/t16-/m0/s1. The van der Waals surface area contributed by atoms with Crippen LogP contribution in [-0.4, -0.2) is 10.8 Å². The molecule has 3 rings (SSSR count). The summed E-state index contributed by atoms with van der Waals surface area (Å²) in [5, 5.41) is 10.6. The summed E-state index contributed by atoms with van der Waals surface area (Å²) in [6.45, 7) is 4.15. The summed E-state index contributed by atoms with van der Waals surface area (Å²) >= 11 is 1.48. The number of hydrogen-bond donors (Lipinski definition) is 0. The molecule has 2 aromatic heterocycles. The number of hydrogen-bond acceptors (Lipinski definition) is 4. The Morgan fingerprint density at radius 3 is 2.83 bits per heavy atom. The molecule has 4 heteroatoms. The number of aryl methyl sites for hydroxylation is 2. The molecular weight excluding hydrogens is 316 g/mol. The SMILES string of the molecule is CCCc1cc(C(=O)[C@@H](C#N)c2ccc3ccccc3n2)sc1C. The number of nitriles is 1. The van der Waals surface area contributed by atoms with Crippen molar-refractivity contribution in [3.05, 3.63) is 63.5 Å². The quantitative estimate of drug-likeness (QED) is 0.614. The number of carbonyl (C=O) groups is 1. The monoisotopic (exact) mass is 334 g/mol. The average molecular weight is 334 g/mol. The van der Waals surface area contributed by atoms with Crippen LogP contribution in [0.3, 0.4) is 0 Å². The van der Waals surface area contributed by atoms with Crippen LogP contribution in [0, 0.1) is 18.3 Å². The highest BCUT2D eigenvalue weighted by Crippen LogP contribution is 2.28. The summed E-state index contributed by atoms with van der Waals surface area (Å²) in [7, 11) is 0. The van der Waals surface area contributed by atoms with E-state index >= 15 is 0 Å². The number of para-hydroxylation sites is 1. The molecule has 0 saturated heterocycles. The van der Waals surface area contributed by atoms with Crippen LogP contribution in [-0.2, 0) is 6.42 Å². The molecule has 0 aliphatic rings. The normalized spacial score (nSPS) is 12.0. The van der Waals surface area contributed by atoms with Crippen molar-refractivity contribution in [1.29, 1.82) is 5.26 Å². The van der Waals surface area contributed by atoms with Crippen molar-refractivity contribution in [2.75, 3.05) is 0 Å². The van der Waals surface area contributed by atoms with Crippen LogP contribution in [0.1, 0.15) is 45.1 Å². The predicted molar refractivity (Wildman–Crippen MR) is 97.5 cm³/mol. The van der Waals surface area contributed by atoms with Crippen LogP contribution in [0.5, 0.6) is 0 Å². The summed E-state index contributed by atoms with van der Waals surface area (Å²) in [6, 6.07) is 15.5. The van der Waals surface area contributed by atoms with Crippen LogP contribution in [0.2, 0.25) is 0 Å². The van der Waals surface area contributed by atoms with Gasteiger partial charge in [-0.25, -0.2) is 0 Å². The van der Waals surface area contributed by atoms with Crippen molar-refractivity contribution >= 4 is 28.0 Å². The van der Waals surface area contributed by atoms with E-state index in [0.717, 1.165) is 28.6 Å². The largest absolute Gasteiger partial charge is 0.291 e.